The zero-order valence-electron chi connectivity index (χ0n) is 15.2. The zero-order chi connectivity index (χ0) is 17.4. The highest BCUT2D eigenvalue weighted by Gasteiger charge is 2.31. The molecule has 25 heavy (non-hydrogen) atoms. The minimum atomic E-state index is 0.103. The Morgan fingerprint density at radius 3 is 2.68 bits per heavy atom. The predicted molar refractivity (Wildman–Crippen MR) is 98.9 cm³/mol. The second-order valence-electron chi connectivity index (χ2n) is 7.71. The van der Waals surface area contributed by atoms with E-state index in [0.717, 1.165) is 37.3 Å². The summed E-state index contributed by atoms with van der Waals surface area (Å²) in [6.45, 7) is 7.39. The fourth-order valence-electron chi connectivity index (χ4n) is 4.26. The molecule has 2 aromatic rings. The number of rotatable bonds is 5. The lowest BCUT2D eigenvalue weighted by Crippen LogP contribution is -3.09. The average Bonchev–Trinajstić information content (AvgIpc) is 3.26. The van der Waals surface area contributed by atoms with Gasteiger partial charge >= 0.3 is 0 Å². The molecule has 1 unspecified atom stereocenters. The maximum atomic E-state index is 12.8. The molecule has 0 spiro atoms. The molecular formula is C21H28N3O+. The molecule has 1 aliphatic heterocycles. The van der Waals surface area contributed by atoms with Gasteiger partial charge in [0.2, 0.25) is 0 Å². The van der Waals surface area contributed by atoms with Crippen LogP contribution in [0.3, 0.4) is 0 Å². The number of nitrogens with one attached hydrogen (secondary N) is 2. The average molecular weight is 338 g/mol. The van der Waals surface area contributed by atoms with E-state index >= 15 is 0 Å². The van der Waals surface area contributed by atoms with Crippen molar-refractivity contribution in [1.82, 2.24) is 9.88 Å². The zero-order valence-corrected chi connectivity index (χ0v) is 15.2. The van der Waals surface area contributed by atoms with Crippen molar-refractivity contribution in [3.63, 3.8) is 0 Å². The van der Waals surface area contributed by atoms with Gasteiger partial charge in [-0.1, -0.05) is 30.3 Å². The molecule has 4 heteroatoms. The van der Waals surface area contributed by atoms with Crippen molar-refractivity contribution in [2.75, 3.05) is 13.1 Å². The topological polar surface area (TPSA) is 38.5 Å². The van der Waals surface area contributed by atoms with Crippen LogP contribution >= 0.6 is 0 Å². The molecule has 0 radical (unpaired) electrons. The fraction of sp³-hybridized carbons (Fsp3) is 0.476. The van der Waals surface area contributed by atoms with Crippen molar-refractivity contribution in [2.45, 2.75) is 51.7 Å². The van der Waals surface area contributed by atoms with Crippen LogP contribution < -0.4 is 10.2 Å². The van der Waals surface area contributed by atoms with Gasteiger partial charge in [-0.05, 0) is 32.8 Å². The summed E-state index contributed by atoms with van der Waals surface area (Å²) in [7, 11) is 0. The molecule has 4 rings (SSSR count). The van der Waals surface area contributed by atoms with Crippen LogP contribution in [0.2, 0.25) is 0 Å². The van der Waals surface area contributed by atoms with Crippen molar-refractivity contribution in [2.24, 2.45) is 0 Å². The number of aryl methyl sites for hydroxylation is 1. The third-order valence-corrected chi connectivity index (χ3v) is 5.65. The molecule has 1 amide bonds. The van der Waals surface area contributed by atoms with Gasteiger partial charge in [0.15, 0.2) is 0 Å². The van der Waals surface area contributed by atoms with Crippen LogP contribution in [0.4, 0.5) is 0 Å². The summed E-state index contributed by atoms with van der Waals surface area (Å²) in [6, 6.07) is 13.6. The highest BCUT2D eigenvalue weighted by atomic mass is 16.1. The molecule has 2 fully saturated rings. The normalized spacial score (nSPS) is 23.0. The summed E-state index contributed by atoms with van der Waals surface area (Å²) in [4.78, 5) is 14.3. The largest absolute Gasteiger partial charge is 0.345 e. The summed E-state index contributed by atoms with van der Waals surface area (Å²) < 4.78 is 2.34. The van der Waals surface area contributed by atoms with E-state index in [1.54, 1.807) is 4.90 Å². The van der Waals surface area contributed by atoms with Crippen molar-refractivity contribution < 1.29 is 9.69 Å². The van der Waals surface area contributed by atoms with E-state index in [1.807, 2.05) is 0 Å². The molecule has 0 bridgehead atoms. The summed E-state index contributed by atoms with van der Waals surface area (Å²) in [6.07, 6.45) is 3.56. The fourth-order valence-corrected chi connectivity index (χ4v) is 4.26. The Hall–Kier alpha value is -2.07. The third-order valence-electron chi connectivity index (χ3n) is 5.65. The van der Waals surface area contributed by atoms with Crippen LogP contribution in [-0.4, -0.2) is 29.6 Å². The maximum absolute atomic E-state index is 12.8. The first kappa shape index (κ1) is 16.4. The summed E-state index contributed by atoms with van der Waals surface area (Å²) in [5.74, 6) is 0.103. The Morgan fingerprint density at radius 1 is 1.20 bits per heavy atom. The van der Waals surface area contributed by atoms with E-state index in [0.29, 0.717) is 6.04 Å². The first-order chi connectivity index (χ1) is 12.1. The lowest BCUT2D eigenvalue weighted by molar-refractivity contribution is -0.901. The molecule has 2 aliphatic rings. The van der Waals surface area contributed by atoms with Crippen LogP contribution in [0.1, 0.15) is 52.6 Å². The maximum Gasteiger partial charge on any atom is 0.253 e. The Balaban J connectivity index is 1.37. The molecular weight excluding hydrogens is 310 g/mol. The predicted octanol–water partition coefficient (Wildman–Crippen LogP) is 2.03. The quantitative estimate of drug-likeness (QED) is 0.860. The molecule has 2 atom stereocenters. The molecule has 1 saturated heterocycles. The molecule has 4 nitrogen and oxygen atoms in total. The van der Waals surface area contributed by atoms with Gasteiger partial charge in [0.05, 0.1) is 24.7 Å². The van der Waals surface area contributed by atoms with Crippen molar-refractivity contribution in [1.29, 1.82) is 0 Å². The standard InChI is InChI=1S/C21H27N3O/c1-15-12-20(16(2)24(15)19-8-9-19)21(25)22-18-10-11-23(14-18)13-17-6-4-3-5-7-17/h3-7,12,18-19H,8-11,13-14H2,1-2H3,(H,22,25)/p+1/t18-/m1/s1. The van der Waals surface area contributed by atoms with Crippen LogP contribution in [0.25, 0.3) is 0 Å². The Kier molecular flexibility index (Phi) is 4.38. The van der Waals surface area contributed by atoms with Gasteiger partial charge in [-0.2, -0.15) is 0 Å². The lowest BCUT2D eigenvalue weighted by Gasteiger charge is -2.14. The molecule has 1 aromatic heterocycles. The highest BCUT2D eigenvalue weighted by molar-refractivity contribution is 5.96. The minimum absolute atomic E-state index is 0.103. The number of amides is 1. The van der Waals surface area contributed by atoms with Gasteiger partial charge in [0, 0.05) is 29.4 Å². The Bertz CT molecular complexity index is 761. The van der Waals surface area contributed by atoms with E-state index in [-0.39, 0.29) is 11.9 Å². The monoisotopic (exact) mass is 338 g/mol. The number of quaternary nitrogens is 1. The third kappa shape index (κ3) is 3.49. The van der Waals surface area contributed by atoms with E-state index < -0.39 is 0 Å². The van der Waals surface area contributed by atoms with Crippen LogP contribution in [0.15, 0.2) is 36.4 Å². The smallest absolute Gasteiger partial charge is 0.253 e. The van der Waals surface area contributed by atoms with Crippen molar-refractivity contribution in [3.05, 3.63) is 58.9 Å². The molecule has 2 N–H and O–H groups in total. The molecule has 132 valence electrons. The summed E-state index contributed by atoms with van der Waals surface area (Å²) in [5.41, 5.74) is 4.58. The molecule has 1 aliphatic carbocycles. The van der Waals surface area contributed by atoms with Gasteiger partial charge in [-0.25, -0.2) is 0 Å². The number of hydrogen-bond acceptors (Lipinski definition) is 1. The van der Waals surface area contributed by atoms with Crippen LogP contribution in [-0.2, 0) is 6.54 Å². The number of nitrogens with zero attached hydrogens (tertiary/aromatic N) is 1. The number of hydrogen-bond donors (Lipinski definition) is 2. The summed E-state index contributed by atoms with van der Waals surface area (Å²) >= 11 is 0. The number of carbonyl (C=O) groups is 1. The van der Waals surface area contributed by atoms with E-state index in [4.69, 9.17) is 0 Å². The SMILES string of the molecule is Cc1cc(C(=O)N[C@@H]2CC[NH+](Cc3ccccc3)C2)c(C)n1C1CC1. The number of likely N-dealkylation sites (tertiary alicyclic amines) is 1. The summed E-state index contributed by atoms with van der Waals surface area (Å²) in [5, 5.41) is 3.28. The van der Waals surface area contributed by atoms with E-state index in [9.17, 15) is 4.79 Å². The lowest BCUT2D eigenvalue weighted by atomic mass is 10.2. The minimum Gasteiger partial charge on any atom is -0.345 e. The number of aromatic nitrogens is 1. The van der Waals surface area contributed by atoms with Crippen molar-refractivity contribution in [3.8, 4) is 0 Å². The molecule has 2 heterocycles. The second-order valence-corrected chi connectivity index (χ2v) is 7.71. The van der Waals surface area contributed by atoms with Gasteiger partial charge < -0.3 is 14.8 Å². The van der Waals surface area contributed by atoms with Gasteiger partial charge in [-0.3, -0.25) is 4.79 Å². The Morgan fingerprint density at radius 2 is 1.96 bits per heavy atom. The van der Waals surface area contributed by atoms with E-state index in [2.05, 4.69) is 60.1 Å². The van der Waals surface area contributed by atoms with Crippen LogP contribution in [0, 0.1) is 13.8 Å². The first-order valence-electron chi connectivity index (χ1n) is 9.48. The number of carbonyl (C=O) groups excluding carboxylic acids is 1. The van der Waals surface area contributed by atoms with Gasteiger partial charge in [0.25, 0.3) is 5.91 Å². The molecule has 1 aromatic carbocycles. The van der Waals surface area contributed by atoms with Crippen molar-refractivity contribution >= 4 is 5.91 Å². The van der Waals surface area contributed by atoms with Gasteiger partial charge in [0.1, 0.15) is 6.54 Å². The van der Waals surface area contributed by atoms with Crippen LogP contribution in [0.5, 0.6) is 0 Å². The molecule has 1 saturated carbocycles. The Labute approximate surface area is 149 Å². The van der Waals surface area contributed by atoms with Gasteiger partial charge in [-0.15, -0.1) is 0 Å². The second kappa shape index (κ2) is 6.68. The van der Waals surface area contributed by atoms with E-state index in [1.165, 1.54) is 24.1 Å². The number of benzene rings is 1. The first-order valence-corrected chi connectivity index (χ1v) is 9.48. The highest BCUT2D eigenvalue weighted by Crippen LogP contribution is 2.38.